The number of aryl methyl sites for hydroxylation is 1. The van der Waals surface area contributed by atoms with Crippen LogP contribution in [0.25, 0.3) is 0 Å². The average molecular weight is 341 g/mol. The zero-order chi connectivity index (χ0) is 16.9. The van der Waals surface area contributed by atoms with Crippen molar-refractivity contribution in [3.05, 3.63) is 65.3 Å². The first-order valence-electron chi connectivity index (χ1n) is 7.42. The van der Waals surface area contributed by atoms with E-state index in [1.807, 2.05) is 49.4 Å². The van der Waals surface area contributed by atoms with Gasteiger partial charge in [-0.1, -0.05) is 29.8 Å². The van der Waals surface area contributed by atoms with Crippen LogP contribution in [-0.4, -0.2) is 17.1 Å². The number of hydrogen-bond acceptors (Lipinski definition) is 5. The van der Waals surface area contributed by atoms with Gasteiger partial charge in [0, 0.05) is 29.2 Å². The summed E-state index contributed by atoms with van der Waals surface area (Å²) in [4.78, 5) is 8.85. The number of anilines is 4. The summed E-state index contributed by atoms with van der Waals surface area (Å²) in [6.45, 7) is 1.95. The average Bonchev–Trinajstić information content (AvgIpc) is 2.60. The summed E-state index contributed by atoms with van der Waals surface area (Å²) in [6.07, 6.45) is 1.77. The molecule has 6 heteroatoms. The maximum atomic E-state index is 6.06. The van der Waals surface area contributed by atoms with Crippen LogP contribution in [0.1, 0.15) is 5.56 Å². The fourth-order valence-electron chi connectivity index (χ4n) is 2.15. The zero-order valence-electron chi connectivity index (χ0n) is 13.4. The van der Waals surface area contributed by atoms with Gasteiger partial charge < -0.3 is 15.4 Å². The molecule has 0 saturated heterocycles. The van der Waals surface area contributed by atoms with E-state index < -0.39 is 0 Å². The molecule has 3 rings (SSSR count). The van der Waals surface area contributed by atoms with Crippen LogP contribution in [0.5, 0.6) is 5.75 Å². The van der Waals surface area contributed by atoms with Crippen molar-refractivity contribution in [2.45, 2.75) is 6.92 Å². The van der Waals surface area contributed by atoms with E-state index in [1.165, 1.54) is 0 Å². The van der Waals surface area contributed by atoms with Crippen molar-refractivity contribution in [3.63, 3.8) is 0 Å². The Morgan fingerprint density at radius 1 is 1.00 bits per heavy atom. The quantitative estimate of drug-likeness (QED) is 0.689. The van der Waals surface area contributed by atoms with Crippen molar-refractivity contribution in [3.8, 4) is 5.75 Å². The van der Waals surface area contributed by atoms with Crippen molar-refractivity contribution in [1.82, 2.24) is 9.97 Å². The van der Waals surface area contributed by atoms with E-state index >= 15 is 0 Å². The lowest BCUT2D eigenvalue weighted by Gasteiger charge is -2.12. The van der Waals surface area contributed by atoms with E-state index in [4.69, 9.17) is 16.3 Å². The third kappa shape index (κ3) is 3.75. The Morgan fingerprint density at radius 3 is 2.54 bits per heavy atom. The molecule has 1 heterocycles. The number of para-hydroxylation sites is 1. The van der Waals surface area contributed by atoms with E-state index in [9.17, 15) is 0 Å². The predicted molar refractivity (Wildman–Crippen MR) is 97.8 cm³/mol. The standard InChI is InChI=1S/C18H17ClN4O/c1-12-11-20-18(22-13-6-4-3-5-7-13)23-17(12)21-14-8-9-15(19)16(10-14)24-2/h3-11H,1-2H3,(H2,20,21,22,23). The van der Waals surface area contributed by atoms with Crippen molar-refractivity contribution in [2.24, 2.45) is 0 Å². The molecule has 0 spiro atoms. The second kappa shape index (κ2) is 7.19. The molecule has 0 atom stereocenters. The lowest BCUT2D eigenvalue weighted by molar-refractivity contribution is 0.415. The maximum Gasteiger partial charge on any atom is 0.229 e. The summed E-state index contributed by atoms with van der Waals surface area (Å²) >= 11 is 6.06. The maximum absolute atomic E-state index is 6.06. The molecular formula is C18H17ClN4O. The van der Waals surface area contributed by atoms with Gasteiger partial charge in [0.25, 0.3) is 0 Å². The monoisotopic (exact) mass is 340 g/mol. The highest BCUT2D eigenvalue weighted by Gasteiger charge is 2.07. The Hall–Kier alpha value is -2.79. The molecule has 5 nitrogen and oxygen atoms in total. The fraction of sp³-hybridized carbons (Fsp3) is 0.111. The number of nitrogens with one attached hydrogen (secondary N) is 2. The van der Waals surface area contributed by atoms with Gasteiger partial charge in [-0.15, -0.1) is 0 Å². The van der Waals surface area contributed by atoms with Gasteiger partial charge >= 0.3 is 0 Å². The number of halogens is 1. The summed E-state index contributed by atoms with van der Waals surface area (Å²) in [5, 5.41) is 7.02. The highest BCUT2D eigenvalue weighted by atomic mass is 35.5. The van der Waals surface area contributed by atoms with E-state index in [-0.39, 0.29) is 0 Å². The minimum Gasteiger partial charge on any atom is -0.495 e. The Bertz CT molecular complexity index is 840. The molecule has 3 aromatic rings. The Morgan fingerprint density at radius 2 is 1.79 bits per heavy atom. The molecule has 2 N–H and O–H groups in total. The highest BCUT2D eigenvalue weighted by Crippen LogP contribution is 2.29. The number of nitrogens with zero attached hydrogens (tertiary/aromatic N) is 2. The summed E-state index contributed by atoms with van der Waals surface area (Å²) in [5.41, 5.74) is 2.70. The predicted octanol–water partition coefficient (Wildman–Crippen LogP) is 4.93. The molecule has 0 saturated carbocycles. The van der Waals surface area contributed by atoms with Crippen LogP contribution in [0.3, 0.4) is 0 Å². The second-order valence-electron chi connectivity index (χ2n) is 5.19. The molecule has 0 fully saturated rings. The number of rotatable bonds is 5. The zero-order valence-corrected chi connectivity index (χ0v) is 14.1. The Balaban J connectivity index is 1.84. The van der Waals surface area contributed by atoms with E-state index in [0.717, 1.165) is 16.9 Å². The fourth-order valence-corrected chi connectivity index (χ4v) is 2.35. The van der Waals surface area contributed by atoms with Crippen LogP contribution in [0.15, 0.2) is 54.7 Å². The summed E-state index contributed by atoms with van der Waals surface area (Å²) in [6, 6.07) is 15.3. The van der Waals surface area contributed by atoms with E-state index in [0.29, 0.717) is 22.5 Å². The molecule has 0 bridgehead atoms. The van der Waals surface area contributed by atoms with Crippen molar-refractivity contribution in [2.75, 3.05) is 17.7 Å². The number of ether oxygens (including phenoxy) is 1. The summed E-state index contributed by atoms with van der Waals surface area (Å²) in [5.74, 6) is 1.85. The number of methoxy groups -OCH3 is 1. The van der Waals surface area contributed by atoms with Crippen LogP contribution >= 0.6 is 11.6 Å². The summed E-state index contributed by atoms with van der Waals surface area (Å²) < 4.78 is 5.24. The normalized spacial score (nSPS) is 10.3. The van der Waals surface area contributed by atoms with Gasteiger partial charge in [0.2, 0.25) is 5.95 Å². The van der Waals surface area contributed by atoms with E-state index in [1.54, 1.807) is 19.4 Å². The van der Waals surface area contributed by atoms with Gasteiger partial charge in [0.05, 0.1) is 12.1 Å². The van der Waals surface area contributed by atoms with Crippen molar-refractivity contribution >= 4 is 34.7 Å². The molecule has 24 heavy (non-hydrogen) atoms. The smallest absolute Gasteiger partial charge is 0.229 e. The molecule has 0 radical (unpaired) electrons. The molecule has 0 unspecified atom stereocenters. The molecular weight excluding hydrogens is 324 g/mol. The second-order valence-corrected chi connectivity index (χ2v) is 5.60. The topological polar surface area (TPSA) is 59.1 Å². The molecule has 0 aliphatic carbocycles. The molecule has 0 aliphatic heterocycles. The lowest BCUT2D eigenvalue weighted by atomic mass is 10.2. The van der Waals surface area contributed by atoms with Crippen LogP contribution < -0.4 is 15.4 Å². The van der Waals surface area contributed by atoms with Crippen molar-refractivity contribution in [1.29, 1.82) is 0 Å². The Labute approximate surface area is 145 Å². The first kappa shape index (κ1) is 16.1. The molecule has 122 valence electrons. The Kier molecular flexibility index (Phi) is 4.82. The number of hydrogen-bond donors (Lipinski definition) is 2. The third-order valence-electron chi connectivity index (χ3n) is 3.42. The van der Waals surface area contributed by atoms with E-state index in [2.05, 4.69) is 20.6 Å². The van der Waals surface area contributed by atoms with Crippen LogP contribution in [0, 0.1) is 6.92 Å². The number of benzene rings is 2. The first-order chi connectivity index (χ1) is 11.7. The van der Waals surface area contributed by atoms with Gasteiger partial charge in [0.15, 0.2) is 0 Å². The first-order valence-corrected chi connectivity index (χ1v) is 7.80. The molecule has 1 aromatic heterocycles. The minimum absolute atomic E-state index is 0.523. The number of aromatic nitrogens is 2. The van der Waals surface area contributed by atoms with Gasteiger partial charge in [-0.2, -0.15) is 4.98 Å². The van der Waals surface area contributed by atoms with Crippen LogP contribution in [-0.2, 0) is 0 Å². The van der Waals surface area contributed by atoms with Gasteiger partial charge in [-0.05, 0) is 31.2 Å². The van der Waals surface area contributed by atoms with Gasteiger partial charge in [-0.25, -0.2) is 4.98 Å². The lowest BCUT2D eigenvalue weighted by Crippen LogP contribution is -2.02. The molecule has 2 aromatic carbocycles. The van der Waals surface area contributed by atoms with Crippen molar-refractivity contribution < 1.29 is 4.74 Å². The molecule has 0 aliphatic rings. The minimum atomic E-state index is 0.523. The largest absolute Gasteiger partial charge is 0.495 e. The van der Waals surface area contributed by atoms with Gasteiger partial charge in [-0.3, -0.25) is 0 Å². The van der Waals surface area contributed by atoms with Crippen LogP contribution in [0.4, 0.5) is 23.1 Å². The summed E-state index contributed by atoms with van der Waals surface area (Å²) in [7, 11) is 1.59. The molecule has 0 amide bonds. The van der Waals surface area contributed by atoms with Gasteiger partial charge in [0.1, 0.15) is 11.6 Å². The van der Waals surface area contributed by atoms with Crippen LogP contribution in [0.2, 0.25) is 5.02 Å². The highest BCUT2D eigenvalue weighted by molar-refractivity contribution is 6.32. The third-order valence-corrected chi connectivity index (χ3v) is 3.73. The SMILES string of the molecule is COc1cc(Nc2nc(Nc3ccccc3)ncc2C)ccc1Cl.